The first-order chi connectivity index (χ1) is 13.6. The Bertz CT molecular complexity index is 993. The average Bonchev–Trinajstić information content (AvgIpc) is 2.69. The first kappa shape index (κ1) is 18.7. The lowest BCUT2D eigenvalue weighted by atomic mass is 10.1. The zero-order chi connectivity index (χ0) is 19.5. The first-order valence-corrected chi connectivity index (χ1v) is 9.83. The van der Waals surface area contributed by atoms with Crippen LogP contribution in [0.25, 0.3) is 10.9 Å². The van der Waals surface area contributed by atoms with Crippen molar-refractivity contribution >= 4 is 39.8 Å². The maximum absolute atomic E-state index is 12.8. The van der Waals surface area contributed by atoms with E-state index in [1.54, 1.807) is 6.20 Å². The smallest absolute Gasteiger partial charge is 0.228 e. The van der Waals surface area contributed by atoms with Gasteiger partial charge < -0.3 is 15.1 Å². The molecular formula is C22H23ClN4O. The third kappa shape index (κ3) is 4.11. The molecule has 4 rings (SSSR count). The number of piperazine rings is 1. The Morgan fingerprint density at radius 3 is 2.71 bits per heavy atom. The van der Waals surface area contributed by atoms with Crippen molar-refractivity contribution < 1.29 is 4.79 Å². The van der Waals surface area contributed by atoms with E-state index in [1.807, 2.05) is 48.5 Å². The fraction of sp³-hybridized carbons (Fsp3) is 0.273. The van der Waals surface area contributed by atoms with Crippen molar-refractivity contribution in [2.24, 2.45) is 0 Å². The van der Waals surface area contributed by atoms with Crippen LogP contribution in [-0.2, 0) is 11.2 Å². The molecule has 2 heterocycles. The number of halogens is 1. The number of fused-ring (bicyclic) bond motifs is 1. The van der Waals surface area contributed by atoms with Crippen LogP contribution >= 0.6 is 11.6 Å². The minimum atomic E-state index is -0.0733. The summed E-state index contributed by atoms with van der Waals surface area (Å²) in [6.07, 6.45) is 2.02. The molecular weight excluding hydrogens is 372 g/mol. The van der Waals surface area contributed by atoms with Gasteiger partial charge in [-0.3, -0.25) is 9.78 Å². The molecule has 1 saturated heterocycles. The van der Waals surface area contributed by atoms with Gasteiger partial charge in [0.25, 0.3) is 0 Å². The summed E-state index contributed by atoms with van der Waals surface area (Å²) in [5.41, 5.74) is 3.56. The number of hydrogen-bond acceptors (Lipinski definition) is 4. The van der Waals surface area contributed by atoms with E-state index in [0.29, 0.717) is 5.02 Å². The largest absolute Gasteiger partial charge is 0.367 e. The summed E-state index contributed by atoms with van der Waals surface area (Å²) >= 11 is 6.21. The van der Waals surface area contributed by atoms with E-state index in [2.05, 4.69) is 27.1 Å². The van der Waals surface area contributed by atoms with Crippen LogP contribution in [0.4, 0.5) is 11.4 Å². The summed E-state index contributed by atoms with van der Waals surface area (Å²) in [6, 6.07) is 15.5. The van der Waals surface area contributed by atoms with Gasteiger partial charge >= 0.3 is 0 Å². The lowest BCUT2D eigenvalue weighted by Gasteiger charge is -2.35. The maximum atomic E-state index is 12.8. The van der Waals surface area contributed by atoms with Gasteiger partial charge in [-0.1, -0.05) is 35.9 Å². The molecule has 0 spiro atoms. The molecule has 0 aliphatic carbocycles. The third-order valence-corrected chi connectivity index (χ3v) is 5.38. The van der Waals surface area contributed by atoms with Gasteiger partial charge in [-0.15, -0.1) is 0 Å². The maximum Gasteiger partial charge on any atom is 0.228 e. The number of rotatable bonds is 4. The number of nitrogens with one attached hydrogen (secondary N) is 1. The second-order valence-corrected chi connectivity index (χ2v) is 7.61. The van der Waals surface area contributed by atoms with Gasteiger partial charge in [-0.2, -0.15) is 0 Å². The zero-order valence-electron chi connectivity index (χ0n) is 15.9. The normalized spacial score (nSPS) is 15.0. The van der Waals surface area contributed by atoms with E-state index in [9.17, 15) is 4.79 Å². The predicted octanol–water partition coefficient (Wildman–Crippen LogP) is 3.82. The Balaban J connectivity index is 1.55. The molecule has 1 aliphatic heterocycles. The standard InChI is InChI=1S/C22H23ClN4O/c1-26-10-12-27(13-11-26)20-8-7-18(23)15-19(20)25-21(28)14-17-5-2-4-16-6-3-9-24-22(16)17/h2-9,15H,10-14H2,1H3,(H,25,28). The van der Waals surface area contributed by atoms with Crippen molar-refractivity contribution in [2.75, 3.05) is 43.4 Å². The summed E-state index contributed by atoms with van der Waals surface area (Å²) in [4.78, 5) is 21.9. The highest BCUT2D eigenvalue weighted by Crippen LogP contribution is 2.30. The zero-order valence-corrected chi connectivity index (χ0v) is 16.6. The molecule has 0 bridgehead atoms. The minimum absolute atomic E-state index is 0.0733. The number of amides is 1. The number of aromatic nitrogens is 1. The van der Waals surface area contributed by atoms with Crippen molar-refractivity contribution in [3.05, 3.63) is 65.3 Å². The molecule has 0 unspecified atom stereocenters. The van der Waals surface area contributed by atoms with Gasteiger partial charge in [0.1, 0.15) is 0 Å². The molecule has 0 atom stereocenters. The van der Waals surface area contributed by atoms with Crippen LogP contribution in [-0.4, -0.2) is 49.0 Å². The number of benzene rings is 2. The van der Waals surface area contributed by atoms with Crippen LogP contribution in [0.3, 0.4) is 0 Å². The molecule has 1 fully saturated rings. The fourth-order valence-corrected chi connectivity index (χ4v) is 3.78. The van der Waals surface area contributed by atoms with Gasteiger partial charge in [0.05, 0.1) is 23.3 Å². The molecule has 1 aliphatic rings. The number of carbonyl (C=O) groups excluding carboxylic acids is 1. The molecule has 1 amide bonds. The van der Waals surface area contributed by atoms with Crippen LogP contribution in [0, 0.1) is 0 Å². The SMILES string of the molecule is CN1CCN(c2ccc(Cl)cc2NC(=O)Cc2cccc3cccnc23)CC1. The molecule has 5 nitrogen and oxygen atoms in total. The number of likely N-dealkylation sites (N-methyl/N-ethyl adjacent to an activating group) is 1. The van der Waals surface area contributed by atoms with Crippen LogP contribution in [0.15, 0.2) is 54.7 Å². The van der Waals surface area contributed by atoms with Crippen LogP contribution in [0.1, 0.15) is 5.56 Å². The Labute approximate surface area is 169 Å². The number of carbonyl (C=O) groups is 1. The molecule has 3 aromatic rings. The second kappa shape index (κ2) is 8.17. The van der Waals surface area contributed by atoms with Gasteiger partial charge in [0, 0.05) is 42.8 Å². The van der Waals surface area contributed by atoms with Crippen molar-refractivity contribution in [3.63, 3.8) is 0 Å². The summed E-state index contributed by atoms with van der Waals surface area (Å²) in [6.45, 7) is 3.85. The van der Waals surface area contributed by atoms with Gasteiger partial charge in [-0.25, -0.2) is 0 Å². The summed E-state index contributed by atoms with van der Waals surface area (Å²) in [5.74, 6) is -0.0733. The van der Waals surface area contributed by atoms with Crippen LogP contribution in [0.5, 0.6) is 0 Å². The molecule has 28 heavy (non-hydrogen) atoms. The first-order valence-electron chi connectivity index (χ1n) is 9.46. The number of nitrogens with zero attached hydrogens (tertiary/aromatic N) is 3. The highest BCUT2D eigenvalue weighted by molar-refractivity contribution is 6.31. The van der Waals surface area contributed by atoms with E-state index >= 15 is 0 Å². The fourth-order valence-electron chi connectivity index (χ4n) is 3.61. The molecule has 1 aromatic heterocycles. The molecule has 1 N–H and O–H groups in total. The Morgan fingerprint density at radius 2 is 1.89 bits per heavy atom. The van der Waals surface area contributed by atoms with Gasteiger partial charge in [-0.05, 0) is 36.9 Å². The molecule has 0 saturated carbocycles. The van der Waals surface area contributed by atoms with E-state index in [4.69, 9.17) is 11.6 Å². The monoisotopic (exact) mass is 394 g/mol. The highest BCUT2D eigenvalue weighted by Gasteiger charge is 2.18. The summed E-state index contributed by atoms with van der Waals surface area (Å²) < 4.78 is 0. The summed E-state index contributed by atoms with van der Waals surface area (Å²) in [5, 5.41) is 4.71. The minimum Gasteiger partial charge on any atom is -0.367 e. The van der Waals surface area contributed by atoms with Gasteiger partial charge in [0.15, 0.2) is 0 Å². The van der Waals surface area contributed by atoms with Crippen LogP contribution in [0.2, 0.25) is 5.02 Å². The number of hydrogen-bond donors (Lipinski definition) is 1. The number of anilines is 2. The van der Waals surface area contributed by atoms with Crippen LogP contribution < -0.4 is 10.2 Å². The Morgan fingerprint density at radius 1 is 1.11 bits per heavy atom. The quantitative estimate of drug-likeness (QED) is 0.730. The average molecular weight is 395 g/mol. The summed E-state index contributed by atoms with van der Waals surface area (Å²) in [7, 11) is 2.13. The van der Waals surface area contributed by atoms with Crippen molar-refractivity contribution in [3.8, 4) is 0 Å². The molecule has 0 radical (unpaired) electrons. The van der Waals surface area contributed by atoms with Crippen molar-refractivity contribution in [1.82, 2.24) is 9.88 Å². The second-order valence-electron chi connectivity index (χ2n) is 7.17. The molecule has 2 aromatic carbocycles. The van der Waals surface area contributed by atoms with E-state index in [-0.39, 0.29) is 12.3 Å². The number of para-hydroxylation sites is 1. The molecule has 144 valence electrons. The van der Waals surface area contributed by atoms with E-state index in [0.717, 1.165) is 54.0 Å². The molecule has 6 heteroatoms. The Hall–Kier alpha value is -2.63. The number of pyridine rings is 1. The van der Waals surface area contributed by atoms with Gasteiger partial charge in [0.2, 0.25) is 5.91 Å². The van der Waals surface area contributed by atoms with E-state index < -0.39 is 0 Å². The third-order valence-electron chi connectivity index (χ3n) is 5.14. The van der Waals surface area contributed by atoms with Crippen molar-refractivity contribution in [2.45, 2.75) is 6.42 Å². The lowest BCUT2D eigenvalue weighted by molar-refractivity contribution is -0.115. The predicted molar refractivity (Wildman–Crippen MR) is 115 cm³/mol. The highest BCUT2D eigenvalue weighted by atomic mass is 35.5. The Kier molecular flexibility index (Phi) is 5.46. The van der Waals surface area contributed by atoms with E-state index in [1.165, 1.54) is 0 Å². The topological polar surface area (TPSA) is 48.5 Å². The lowest BCUT2D eigenvalue weighted by Crippen LogP contribution is -2.44. The van der Waals surface area contributed by atoms with Crippen molar-refractivity contribution in [1.29, 1.82) is 0 Å².